The zero-order valence-corrected chi connectivity index (χ0v) is 11.5. The second-order valence-corrected chi connectivity index (χ2v) is 4.15. The molecule has 5 nitrogen and oxygen atoms in total. The van der Waals surface area contributed by atoms with Gasteiger partial charge in [-0.1, -0.05) is 0 Å². The van der Waals surface area contributed by atoms with Gasteiger partial charge in [0.05, 0.1) is 14.2 Å². The summed E-state index contributed by atoms with van der Waals surface area (Å²) in [5, 5.41) is 3.13. The van der Waals surface area contributed by atoms with E-state index in [0.717, 1.165) is 36.0 Å². The molecule has 0 saturated carbocycles. The predicted molar refractivity (Wildman–Crippen MR) is 74.7 cm³/mol. The maximum absolute atomic E-state index is 5.29. The molecule has 0 fully saturated rings. The smallest absolute Gasteiger partial charge is 0.140 e. The van der Waals surface area contributed by atoms with Crippen LogP contribution in [0.3, 0.4) is 0 Å². The number of methoxy groups -OCH3 is 2. The van der Waals surface area contributed by atoms with Crippen molar-refractivity contribution in [1.82, 2.24) is 14.9 Å². The summed E-state index contributed by atoms with van der Waals surface area (Å²) in [7, 11) is 5.23. The van der Waals surface area contributed by atoms with Gasteiger partial charge in [0.15, 0.2) is 0 Å². The highest BCUT2D eigenvalue weighted by molar-refractivity contribution is 5.61. The molecule has 1 heterocycles. The van der Waals surface area contributed by atoms with E-state index in [4.69, 9.17) is 9.47 Å². The third-order valence-electron chi connectivity index (χ3n) is 2.93. The van der Waals surface area contributed by atoms with Crippen molar-refractivity contribution in [3.63, 3.8) is 0 Å². The summed E-state index contributed by atoms with van der Waals surface area (Å²) in [4.78, 5) is 4.41. The van der Waals surface area contributed by atoms with Crippen LogP contribution in [0.25, 0.3) is 11.4 Å². The van der Waals surface area contributed by atoms with E-state index < -0.39 is 0 Å². The number of nitrogens with one attached hydrogen (secondary N) is 1. The first-order valence-electron chi connectivity index (χ1n) is 6.17. The van der Waals surface area contributed by atoms with E-state index in [2.05, 4.69) is 14.9 Å². The van der Waals surface area contributed by atoms with E-state index in [1.54, 1.807) is 20.4 Å². The summed E-state index contributed by atoms with van der Waals surface area (Å²) < 4.78 is 12.7. The number of rotatable bonds is 6. The average Bonchev–Trinajstić information content (AvgIpc) is 2.92. The van der Waals surface area contributed by atoms with E-state index in [9.17, 15) is 0 Å². The molecule has 5 heteroatoms. The molecular weight excluding hydrogens is 242 g/mol. The number of ether oxygens (including phenoxy) is 2. The lowest BCUT2D eigenvalue weighted by atomic mass is 10.2. The number of benzene rings is 1. The normalized spacial score (nSPS) is 10.5. The van der Waals surface area contributed by atoms with Crippen LogP contribution in [-0.4, -0.2) is 37.4 Å². The average molecular weight is 261 g/mol. The van der Waals surface area contributed by atoms with E-state index in [1.165, 1.54) is 0 Å². The zero-order valence-electron chi connectivity index (χ0n) is 11.5. The summed E-state index contributed by atoms with van der Waals surface area (Å²) in [6.07, 6.45) is 3.77. The van der Waals surface area contributed by atoms with Crippen LogP contribution in [0.5, 0.6) is 11.5 Å². The second-order valence-electron chi connectivity index (χ2n) is 4.15. The fraction of sp³-hybridized carbons (Fsp3) is 0.357. The molecule has 0 saturated heterocycles. The Morgan fingerprint density at radius 2 is 1.84 bits per heavy atom. The maximum Gasteiger partial charge on any atom is 0.140 e. The van der Waals surface area contributed by atoms with Gasteiger partial charge >= 0.3 is 0 Å². The summed E-state index contributed by atoms with van der Waals surface area (Å²) in [6, 6.07) is 5.77. The third kappa shape index (κ3) is 3.06. The Morgan fingerprint density at radius 1 is 1.16 bits per heavy atom. The molecule has 0 unspecified atom stereocenters. The summed E-state index contributed by atoms with van der Waals surface area (Å²) in [5.74, 6) is 2.43. The molecule has 0 spiro atoms. The Labute approximate surface area is 113 Å². The molecule has 0 radical (unpaired) electrons. The topological polar surface area (TPSA) is 48.3 Å². The Kier molecular flexibility index (Phi) is 4.41. The molecule has 0 aliphatic heterocycles. The van der Waals surface area contributed by atoms with Gasteiger partial charge in [0.2, 0.25) is 0 Å². The number of hydrogen-bond acceptors (Lipinski definition) is 4. The quantitative estimate of drug-likeness (QED) is 0.861. The van der Waals surface area contributed by atoms with Crippen LogP contribution in [0, 0.1) is 0 Å². The lowest BCUT2D eigenvalue weighted by Gasteiger charge is -2.10. The third-order valence-corrected chi connectivity index (χ3v) is 2.93. The van der Waals surface area contributed by atoms with Crippen molar-refractivity contribution >= 4 is 0 Å². The van der Waals surface area contributed by atoms with E-state index >= 15 is 0 Å². The van der Waals surface area contributed by atoms with Crippen LogP contribution < -0.4 is 14.8 Å². The molecule has 1 aromatic heterocycles. The number of nitrogens with zero attached hydrogens (tertiary/aromatic N) is 2. The van der Waals surface area contributed by atoms with Crippen molar-refractivity contribution in [3.8, 4) is 22.9 Å². The molecule has 0 bridgehead atoms. The fourth-order valence-electron chi connectivity index (χ4n) is 1.92. The van der Waals surface area contributed by atoms with Crippen molar-refractivity contribution in [2.24, 2.45) is 0 Å². The maximum atomic E-state index is 5.29. The van der Waals surface area contributed by atoms with Crippen LogP contribution in [-0.2, 0) is 6.54 Å². The van der Waals surface area contributed by atoms with Crippen molar-refractivity contribution in [1.29, 1.82) is 0 Å². The van der Waals surface area contributed by atoms with Crippen LogP contribution in [0.2, 0.25) is 0 Å². The number of aromatic nitrogens is 2. The first kappa shape index (κ1) is 13.4. The molecule has 102 valence electrons. The summed E-state index contributed by atoms with van der Waals surface area (Å²) in [5.41, 5.74) is 0.984. The van der Waals surface area contributed by atoms with Gasteiger partial charge in [-0.3, -0.25) is 0 Å². The van der Waals surface area contributed by atoms with Gasteiger partial charge in [-0.2, -0.15) is 0 Å². The van der Waals surface area contributed by atoms with Crippen LogP contribution in [0.1, 0.15) is 0 Å². The van der Waals surface area contributed by atoms with E-state index in [0.29, 0.717) is 0 Å². The van der Waals surface area contributed by atoms with Gasteiger partial charge in [0.1, 0.15) is 17.3 Å². The van der Waals surface area contributed by atoms with Gasteiger partial charge in [0.25, 0.3) is 0 Å². The predicted octanol–water partition coefficient (Wildman–Crippen LogP) is 1.79. The summed E-state index contributed by atoms with van der Waals surface area (Å²) in [6.45, 7) is 1.76. The second kappa shape index (κ2) is 6.24. The molecule has 0 atom stereocenters. The van der Waals surface area contributed by atoms with Gasteiger partial charge in [-0.25, -0.2) is 4.98 Å². The molecule has 1 N–H and O–H groups in total. The van der Waals surface area contributed by atoms with E-state index in [-0.39, 0.29) is 0 Å². The van der Waals surface area contributed by atoms with Gasteiger partial charge in [-0.05, 0) is 19.2 Å². The summed E-state index contributed by atoms with van der Waals surface area (Å²) >= 11 is 0. The van der Waals surface area contributed by atoms with Crippen LogP contribution in [0.15, 0.2) is 30.6 Å². The molecule has 19 heavy (non-hydrogen) atoms. The highest BCUT2D eigenvalue weighted by Gasteiger charge is 2.09. The van der Waals surface area contributed by atoms with Crippen LogP contribution >= 0.6 is 0 Å². The first-order chi connectivity index (χ1) is 9.28. The molecule has 1 aromatic carbocycles. The number of imidazole rings is 1. The van der Waals surface area contributed by atoms with Gasteiger partial charge in [0, 0.05) is 37.1 Å². The molecule has 0 aliphatic carbocycles. The van der Waals surface area contributed by atoms with Crippen molar-refractivity contribution in [2.75, 3.05) is 27.8 Å². The largest absolute Gasteiger partial charge is 0.497 e. The molecule has 2 rings (SSSR count). The Bertz CT molecular complexity index is 515. The molecule has 0 amide bonds. The highest BCUT2D eigenvalue weighted by atomic mass is 16.5. The van der Waals surface area contributed by atoms with Crippen molar-refractivity contribution < 1.29 is 9.47 Å². The minimum Gasteiger partial charge on any atom is -0.497 e. The Morgan fingerprint density at radius 3 is 2.42 bits per heavy atom. The molecule has 2 aromatic rings. The van der Waals surface area contributed by atoms with Crippen molar-refractivity contribution in [3.05, 3.63) is 30.6 Å². The number of likely N-dealkylation sites (N-methyl/N-ethyl adjacent to an activating group) is 1. The van der Waals surface area contributed by atoms with E-state index in [1.807, 2.05) is 31.4 Å². The standard InChI is InChI=1S/C14H19N3O2/c1-15-4-6-17-7-5-16-14(17)11-8-12(18-2)10-13(9-11)19-3/h5,7-10,15H,4,6H2,1-3H3. The zero-order chi connectivity index (χ0) is 13.7. The Hall–Kier alpha value is -2.01. The van der Waals surface area contributed by atoms with Crippen LogP contribution in [0.4, 0.5) is 0 Å². The minimum atomic E-state index is 0.762. The van der Waals surface area contributed by atoms with Gasteiger partial charge in [-0.15, -0.1) is 0 Å². The lowest BCUT2D eigenvalue weighted by Crippen LogP contribution is -2.15. The monoisotopic (exact) mass is 261 g/mol. The Balaban J connectivity index is 2.37. The lowest BCUT2D eigenvalue weighted by molar-refractivity contribution is 0.394. The molecular formula is C14H19N3O2. The number of hydrogen-bond donors (Lipinski definition) is 1. The minimum absolute atomic E-state index is 0.762. The van der Waals surface area contributed by atoms with Crippen molar-refractivity contribution in [2.45, 2.75) is 6.54 Å². The fourth-order valence-corrected chi connectivity index (χ4v) is 1.92. The SMILES string of the molecule is CNCCn1ccnc1-c1cc(OC)cc(OC)c1. The van der Waals surface area contributed by atoms with Gasteiger partial charge < -0.3 is 19.4 Å². The molecule has 0 aliphatic rings. The first-order valence-corrected chi connectivity index (χ1v) is 6.17. The highest BCUT2D eigenvalue weighted by Crippen LogP contribution is 2.28.